The number of nitrogens with zero attached hydrogens (tertiary/aromatic N) is 1. The van der Waals surface area contributed by atoms with Gasteiger partial charge < -0.3 is 10.4 Å². The Bertz CT molecular complexity index is 446. The second-order valence-electron chi connectivity index (χ2n) is 4.38. The lowest BCUT2D eigenvalue weighted by atomic mass is 10.0. The minimum absolute atomic E-state index is 0.0453. The zero-order chi connectivity index (χ0) is 13.7. The highest BCUT2D eigenvalue weighted by Crippen LogP contribution is 2.08. The number of rotatable bonds is 5. The Morgan fingerprint density at radius 1 is 1.44 bits per heavy atom. The first kappa shape index (κ1) is 14.2. The predicted molar refractivity (Wildman–Crippen MR) is 67.6 cm³/mol. The second kappa shape index (κ2) is 6.14. The van der Waals surface area contributed by atoms with E-state index >= 15 is 0 Å². The zero-order valence-electron chi connectivity index (χ0n) is 10.8. The van der Waals surface area contributed by atoms with Gasteiger partial charge in [0.1, 0.15) is 5.69 Å². The summed E-state index contributed by atoms with van der Waals surface area (Å²) in [5.74, 6) is -1.04. The molecule has 1 aromatic heterocycles. The van der Waals surface area contributed by atoms with Crippen LogP contribution in [0.25, 0.3) is 0 Å². The van der Waals surface area contributed by atoms with Gasteiger partial charge in [0.15, 0.2) is 0 Å². The first-order valence-corrected chi connectivity index (χ1v) is 5.96. The molecule has 0 bridgehead atoms. The Morgan fingerprint density at radius 3 is 2.67 bits per heavy atom. The first-order valence-electron chi connectivity index (χ1n) is 5.96. The maximum Gasteiger partial charge on any atom is 0.354 e. The van der Waals surface area contributed by atoms with Gasteiger partial charge in [0.25, 0.3) is 5.91 Å². The van der Waals surface area contributed by atoms with Gasteiger partial charge in [-0.2, -0.15) is 0 Å². The molecule has 5 heteroatoms. The van der Waals surface area contributed by atoms with Crippen LogP contribution in [0.1, 0.15) is 48.0 Å². The molecule has 1 amide bonds. The number of aromatic carboxylic acids is 1. The van der Waals surface area contributed by atoms with E-state index in [1.807, 2.05) is 6.92 Å². The Balaban J connectivity index is 2.78. The Kier molecular flexibility index (Phi) is 4.83. The van der Waals surface area contributed by atoms with Crippen molar-refractivity contribution in [3.8, 4) is 0 Å². The van der Waals surface area contributed by atoms with Crippen LogP contribution >= 0.6 is 0 Å². The van der Waals surface area contributed by atoms with Gasteiger partial charge in [0.2, 0.25) is 0 Å². The third-order valence-corrected chi connectivity index (χ3v) is 3.10. The Hall–Kier alpha value is -1.91. The summed E-state index contributed by atoms with van der Waals surface area (Å²) in [7, 11) is 0. The molecule has 2 N–H and O–H groups in total. The van der Waals surface area contributed by atoms with Crippen molar-refractivity contribution in [3.05, 3.63) is 29.6 Å². The van der Waals surface area contributed by atoms with E-state index in [0.717, 1.165) is 6.42 Å². The highest BCUT2D eigenvalue weighted by Gasteiger charge is 2.15. The maximum absolute atomic E-state index is 11.9. The molecule has 1 heterocycles. The lowest BCUT2D eigenvalue weighted by Crippen LogP contribution is -2.37. The van der Waals surface area contributed by atoms with E-state index < -0.39 is 5.97 Å². The normalized spacial score (nSPS) is 13.7. The predicted octanol–water partition coefficient (Wildman–Crippen LogP) is 1.94. The van der Waals surface area contributed by atoms with Gasteiger partial charge in [-0.3, -0.25) is 4.79 Å². The molecule has 0 aliphatic heterocycles. The molecule has 2 unspecified atom stereocenters. The number of nitrogens with one attached hydrogen (secondary N) is 1. The molecule has 0 spiro atoms. The van der Waals surface area contributed by atoms with Gasteiger partial charge in [0, 0.05) is 17.8 Å². The number of hydrogen-bond donors (Lipinski definition) is 2. The van der Waals surface area contributed by atoms with E-state index in [4.69, 9.17) is 5.11 Å². The lowest BCUT2D eigenvalue weighted by Gasteiger charge is -2.19. The number of amides is 1. The zero-order valence-corrected chi connectivity index (χ0v) is 10.8. The molecule has 18 heavy (non-hydrogen) atoms. The van der Waals surface area contributed by atoms with Crippen LogP contribution in [0.5, 0.6) is 0 Å². The topological polar surface area (TPSA) is 79.3 Å². The van der Waals surface area contributed by atoms with E-state index in [1.165, 1.54) is 18.3 Å². The Morgan fingerprint density at radius 2 is 2.11 bits per heavy atom. The average Bonchev–Trinajstić information content (AvgIpc) is 2.37. The van der Waals surface area contributed by atoms with Crippen LogP contribution in [0, 0.1) is 5.92 Å². The van der Waals surface area contributed by atoms with Crippen molar-refractivity contribution in [2.24, 2.45) is 5.92 Å². The number of aromatic nitrogens is 1. The van der Waals surface area contributed by atoms with E-state index in [2.05, 4.69) is 24.1 Å². The monoisotopic (exact) mass is 250 g/mol. The fourth-order valence-electron chi connectivity index (χ4n) is 1.47. The molecule has 5 nitrogen and oxygen atoms in total. The highest BCUT2D eigenvalue weighted by atomic mass is 16.4. The fourth-order valence-corrected chi connectivity index (χ4v) is 1.47. The molecule has 98 valence electrons. The third-order valence-electron chi connectivity index (χ3n) is 3.10. The molecule has 0 saturated heterocycles. The van der Waals surface area contributed by atoms with E-state index in [-0.39, 0.29) is 17.6 Å². The van der Waals surface area contributed by atoms with Crippen LogP contribution < -0.4 is 5.32 Å². The summed E-state index contributed by atoms with van der Waals surface area (Å²) in [6.45, 7) is 6.05. The minimum Gasteiger partial charge on any atom is -0.477 e. The first-order chi connectivity index (χ1) is 8.45. The van der Waals surface area contributed by atoms with Gasteiger partial charge in [-0.15, -0.1) is 0 Å². The number of pyridine rings is 1. The number of carboxylic acids is 1. The SMILES string of the molecule is CCC(C)C(C)NC(=O)c1ccnc(C(=O)O)c1. The number of hydrogen-bond acceptors (Lipinski definition) is 3. The molecule has 0 radical (unpaired) electrons. The number of carbonyl (C=O) groups is 2. The van der Waals surface area contributed by atoms with Crippen molar-refractivity contribution in [1.82, 2.24) is 10.3 Å². The lowest BCUT2D eigenvalue weighted by molar-refractivity contribution is 0.0690. The van der Waals surface area contributed by atoms with Crippen LogP contribution in [-0.2, 0) is 0 Å². The average molecular weight is 250 g/mol. The van der Waals surface area contributed by atoms with Crippen LogP contribution in [0.15, 0.2) is 18.3 Å². The maximum atomic E-state index is 11.9. The van der Waals surface area contributed by atoms with Gasteiger partial charge in [-0.25, -0.2) is 9.78 Å². The summed E-state index contributed by atoms with van der Waals surface area (Å²) in [6, 6.07) is 2.83. The Labute approximate surface area is 106 Å². The molecule has 2 atom stereocenters. The highest BCUT2D eigenvalue weighted by molar-refractivity contribution is 5.96. The van der Waals surface area contributed by atoms with Crippen LogP contribution in [0.2, 0.25) is 0 Å². The molecular weight excluding hydrogens is 232 g/mol. The van der Waals surface area contributed by atoms with Gasteiger partial charge in [-0.1, -0.05) is 20.3 Å². The quantitative estimate of drug-likeness (QED) is 0.837. The van der Waals surface area contributed by atoms with Crippen molar-refractivity contribution < 1.29 is 14.7 Å². The number of carboxylic acid groups (broad SMARTS) is 1. The molecule has 1 rings (SSSR count). The van der Waals surface area contributed by atoms with E-state index in [0.29, 0.717) is 11.5 Å². The molecule has 1 aromatic rings. The molecule has 0 aliphatic rings. The van der Waals surface area contributed by atoms with Crippen LogP contribution in [0.4, 0.5) is 0 Å². The van der Waals surface area contributed by atoms with E-state index in [9.17, 15) is 9.59 Å². The molecule has 0 fully saturated rings. The third kappa shape index (κ3) is 3.55. The summed E-state index contributed by atoms with van der Waals surface area (Å²) in [6.07, 6.45) is 2.30. The molecule has 0 aromatic carbocycles. The van der Waals surface area contributed by atoms with Gasteiger partial charge >= 0.3 is 5.97 Å². The van der Waals surface area contributed by atoms with E-state index in [1.54, 1.807) is 0 Å². The summed E-state index contributed by atoms with van der Waals surface area (Å²) in [5, 5.41) is 11.7. The second-order valence-corrected chi connectivity index (χ2v) is 4.38. The van der Waals surface area contributed by atoms with Crippen molar-refractivity contribution in [2.45, 2.75) is 33.2 Å². The van der Waals surface area contributed by atoms with Gasteiger partial charge in [-0.05, 0) is 25.0 Å². The van der Waals surface area contributed by atoms with Gasteiger partial charge in [0.05, 0.1) is 0 Å². The summed E-state index contributed by atoms with van der Waals surface area (Å²) >= 11 is 0. The smallest absolute Gasteiger partial charge is 0.354 e. The summed E-state index contributed by atoms with van der Waals surface area (Å²) in [5.41, 5.74) is 0.191. The molecule has 0 saturated carbocycles. The standard InChI is InChI=1S/C13H18N2O3/c1-4-8(2)9(3)15-12(16)10-5-6-14-11(7-10)13(17)18/h5-9H,4H2,1-3H3,(H,15,16)(H,17,18). The summed E-state index contributed by atoms with van der Waals surface area (Å²) in [4.78, 5) is 26.3. The molecule has 0 aliphatic carbocycles. The van der Waals surface area contributed by atoms with Crippen molar-refractivity contribution >= 4 is 11.9 Å². The molecular formula is C13H18N2O3. The largest absolute Gasteiger partial charge is 0.477 e. The van der Waals surface area contributed by atoms with Crippen LogP contribution in [-0.4, -0.2) is 28.0 Å². The van der Waals surface area contributed by atoms with Crippen LogP contribution in [0.3, 0.4) is 0 Å². The van der Waals surface area contributed by atoms with Crippen molar-refractivity contribution in [3.63, 3.8) is 0 Å². The number of carbonyl (C=O) groups excluding carboxylic acids is 1. The summed E-state index contributed by atoms with van der Waals surface area (Å²) < 4.78 is 0. The van der Waals surface area contributed by atoms with Crippen molar-refractivity contribution in [1.29, 1.82) is 0 Å². The van der Waals surface area contributed by atoms with Crippen molar-refractivity contribution in [2.75, 3.05) is 0 Å². The fraction of sp³-hybridized carbons (Fsp3) is 0.462. The minimum atomic E-state index is -1.14.